The fourth-order valence-electron chi connectivity index (χ4n) is 3.39. The molecule has 9 nitrogen and oxygen atoms in total. The van der Waals surface area contributed by atoms with Gasteiger partial charge in [0.25, 0.3) is 5.91 Å². The van der Waals surface area contributed by atoms with Gasteiger partial charge in [0.15, 0.2) is 17.3 Å². The summed E-state index contributed by atoms with van der Waals surface area (Å²) in [5.41, 5.74) is 1.19. The molecule has 4 heterocycles. The van der Waals surface area contributed by atoms with Crippen LogP contribution in [-0.2, 0) is 4.79 Å². The number of carbonyl (C=O) groups excluding carboxylic acids is 2. The van der Waals surface area contributed by atoms with Gasteiger partial charge in [-0.15, -0.1) is 0 Å². The number of aryl methyl sites for hydroxylation is 1. The van der Waals surface area contributed by atoms with Gasteiger partial charge in [-0.25, -0.2) is 19.3 Å². The molecule has 0 aromatic carbocycles. The molecule has 2 amide bonds. The molecule has 1 aliphatic heterocycles. The number of hydrogen-bond donors (Lipinski definition) is 1. The van der Waals surface area contributed by atoms with E-state index in [2.05, 4.69) is 20.3 Å². The summed E-state index contributed by atoms with van der Waals surface area (Å²) in [6.07, 6.45) is 6.64. The molecular formula is C19H20FN7O2. The van der Waals surface area contributed by atoms with E-state index in [1.54, 1.807) is 24.2 Å². The molecular weight excluding hydrogens is 377 g/mol. The van der Waals surface area contributed by atoms with E-state index in [-0.39, 0.29) is 29.0 Å². The standard InChI is InChI=1S/C19H20FN7O2/c1-11-9-26-10-12(6-13(20)17(26)23-11)24-18(28)14-7-22-16(8-21-14)27-5-4-15(19(27)29)25(2)3/h6-10,15H,4-5H2,1-3H3,(H,24,28)/t15-/m0/s1. The molecule has 1 saturated heterocycles. The molecule has 1 fully saturated rings. The van der Waals surface area contributed by atoms with Gasteiger partial charge in [-0.1, -0.05) is 0 Å². The number of nitrogens with one attached hydrogen (secondary N) is 1. The van der Waals surface area contributed by atoms with Gasteiger partial charge in [0.1, 0.15) is 5.69 Å². The Morgan fingerprint density at radius 1 is 1.28 bits per heavy atom. The Labute approximate surface area is 166 Å². The fraction of sp³-hybridized carbons (Fsp3) is 0.316. The van der Waals surface area contributed by atoms with Crippen LogP contribution in [0.2, 0.25) is 0 Å². The average molecular weight is 397 g/mol. The maximum atomic E-state index is 14.2. The Morgan fingerprint density at radius 2 is 2.07 bits per heavy atom. The minimum atomic E-state index is -0.541. The van der Waals surface area contributed by atoms with Crippen molar-refractivity contribution in [3.63, 3.8) is 0 Å². The van der Waals surface area contributed by atoms with E-state index in [4.69, 9.17) is 0 Å². The van der Waals surface area contributed by atoms with Crippen molar-refractivity contribution in [1.29, 1.82) is 0 Å². The molecule has 3 aromatic heterocycles. The van der Waals surface area contributed by atoms with E-state index in [9.17, 15) is 14.0 Å². The molecule has 0 unspecified atom stereocenters. The maximum absolute atomic E-state index is 14.2. The lowest BCUT2D eigenvalue weighted by molar-refractivity contribution is -0.120. The monoisotopic (exact) mass is 397 g/mol. The van der Waals surface area contributed by atoms with Crippen molar-refractivity contribution in [2.24, 2.45) is 0 Å². The summed E-state index contributed by atoms with van der Waals surface area (Å²) < 4.78 is 15.7. The molecule has 0 radical (unpaired) electrons. The molecule has 150 valence electrons. The zero-order valence-electron chi connectivity index (χ0n) is 16.3. The Balaban J connectivity index is 1.49. The van der Waals surface area contributed by atoms with Crippen LogP contribution in [0.15, 0.2) is 30.9 Å². The zero-order valence-corrected chi connectivity index (χ0v) is 16.3. The molecule has 10 heteroatoms. The molecule has 0 aliphatic carbocycles. The van der Waals surface area contributed by atoms with Crippen LogP contribution in [0.1, 0.15) is 22.6 Å². The lowest BCUT2D eigenvalue weighted by Gasteiger charge is -2.19. The highest BCUT2D eigenvalue weighted by Gasteiger charge is 2.34. The smallest absolute Gasteiger partial charge is 0.275 e. The first-order valence-electron chi connectivity index (χ1n) is 9.09. The van der Waals surface area contributed by atoms with E-state index < -0.39 is 11.7 Å². The Kier molecular flexibility index (Phi) is 4.71. The van der Waals surface area contributed by atoms with Gasteiger partial charge >= 0.3 is 0 Å². The van der Waals surface area contributed by atoms with Crippen LogP contribution < -0.4 is 10.2 Å². The predicted molar refractivity (Wildman–Crippen MR) is 104 cm³/mol. The fourth-order valence-corrected chi connectivity index (χ4v) is 3.39. The van der Waals surface area contributed by atoms with Crippen LogP contribution in [0.5, 0.6) is 0 Å². The quantitative estimate of drug-likeness (QED) is 0.717. The summed E-state index contributed by atoms with van der Waals surface area (Å²) in [6, 6.07) is 1.02. The van der Waals surface area contributed by atoms with Crippen molar-refractivity contribution < 1.29 is 14.0 Å². The number of pyridine rings is 1. The van der Waals surface area contributed by atoms with E-state index in [1.807, 2.05) is 19.0 Å². The SMILES string of the molecule is Cc1cn2cc(NC(=O)c3cnc(N4CC[C@H](N(C)C)C4=O)cn3)cc(F)c2n1. The van der Waals surface area contributed by atoms with Crippen molar-refractivity contribution in [3.05, 3.63) is 48.1 Å². The number of nitrogens with zero attached hydrogens (tertiary/aromatic N) is 6. The van der Waals surface area contributed by atoms with E-state index in [1.165, 1.54) is 22.9 Å². The highest BCUT2D eigenvalue weighted by Crippen LogP contribution is 2.21. The molecule has 3 aromatic rings. The van der Waals surface area contributed by atoms with E-state index in [0.717, 1.165) is 0 Å². The Morgan fingerprint density at radius 3 is 2.72 bits per heavy atom. The summed E-state index contributed by atoms with van der Waals surface area (Å²) in [7, 11) is 3.72. The molecule has 29 heavy (non-hydrogen) atoms. The third-order valence-electron chi connectivity index (χ3n) is 4.83. The summed E-state index contributed by atoms with van der Waals surface area (Å²) in [6.45, 7) is 2.30. The third kappa shape index (κ3) is 3.54. The maximum Gasteiger partial charge on any atom is 0.275 e. The molecule has 1 aliphatic rings. The highest BCUT2D eigenvalue weighted by molar-refractivity contribution is 6.03. The Bertz CT molecular complexity index is 1090. The molecule has 0 saturated carbocycles. The van der Waals surface area contributed by atoms with Crippen LogP contribution in [0.3, 0.4) is 0 Å². The molecule has 1 N–H and O–H groups in total. The minimum absolute atomic E-state index is 0.0408. The summed E-state index contributed by atoms with van der Waals surface area (Å²) in [4.78, 5) is 40.7. The minimum Gasteiger partial charge on any atom is -0.319 e. The average Bonchev–Trinajstić information content (AvgIpc) is 3.24. The van der Waals surface area contributed by atoms with Crippen LogP contribution in [0, 0.1) is 12.7 Å². The summed E-state index contributed by atoms with van der Waals surface area (Å²) >= 11 is 0. The van der Waals surface area contributed by atoms with Gasteiger partial charge in [0, 0.05) is 25.0 Å². The molecule has 0 spiro atoms. The van der Waals surface area contributed by atoms with Crippen molar-refractivity contribution >= 4 is 29.0 Å². The number of rotatable bonds is 4. The van der Waals surface area contributed by atoms with Crippen molar-refractivity contribution in [3.8, 4) is 0 Å². The number of aromatic nitrogens is 4. The van der Waals surface area contributed by atoms with Crippen molar-refractivity contribution in [1.82, 2.24) is 24.3 Å². The number of amides is 2. The van der Waals surface area contributed by atoms with Gasteiger partial charge in [-0.3, -0.25) is 19.4 Å². The highest BCUT2D eigenvalue weighted by atomic mass is 19.1. The number of carbonyl (C=O) groups is 2. The van der Waals surface area contributed by atoms with Gasteiger partial charge in [-0.2, -0.15) is 0 Å². The molecule has 1 atom stereocenters. The molecule has 4 rings (SSSR count). The first kappa shape index (κ1) is 18.9. The van der Waals surface area contributed by atoms with Crippen LogP contribution in [0.4, 0.5) is 15.9 Å². The van der Waals surface area contributed by atoms with E-state index >= 15 is 0 Å². The lowest BCUT2D eigenvalue weighted by atomic mass is 10.2. The van der Waals surface area contributed by atoms with Gasteiger partial charge in [0.2, 0.25) is 5.91 Å². The van der Waals surface area contributed by atoms with Crippen LogP contribution >= 0.6 is 0 Å². The first-order valence-corrected chi connectivity index (χ1v) is 9.09. The number of likely N-dealkylation sites (N-methyl/N-ethyl adjacent to an activating group) is 1. The van der Waals surface area contributed by atoms with Crippen molar-refractivity contribution in [2.45, 2.75) is 19.4 Å². The number of fused-ring (bicyclic) bond motifs is 1. The lowest BCUT2D eigenvalue weighted by Crippen LogP contribution is -2.37. The summed E-state index contributed by atoms with van der Waals surface area (Å²) in [5, 5.41) is 2.60. The Hall–Kier alpha value is -3.40. The topological polar surface area (TPSA) is 95.7 Å². The van der Waals surface area contributed by atoms with Crippen LogP contribution in [-0.4, -0.2) is 62.7 Å². The van der Waals surface area contributed by atoms with E-state index in [0.29, 0.717) is 24.5 Å². The second kappa shape index (κ2) is 7.21. The second-order valence-electron chi connectivity index (χ2n) is 7.16. The van der Waals surface area contributed by atoms with Crippen molar-refractivity contribution in [2.75, 3.05) is 30.9 Å². The number of imidazole rings is 1. The largest absolute Gasteiger partial charge is 0.319 e. The second-order valence-corrected chi connectivity index (χ2v) is 7.16. The molecule has 0 bridgehead atoms. The van der Waals surface area contributed by atoms with Gasteiger partial charge in [-0.05, 0) is 27.4 Å². The van der Waals surface area contributed by atoms with Gasteiger partial charge < -0.3 is 9.72 Å². The summed E-state index contributed by atoms with van der Waals surface area (Å²) in [5.74, 6) is -0.711. The third-order valence-corrected chi connectivity index (χ3v) is 4.83. The zero-order chi connectivity index (χ0) is 20.7. The normalized spacial score (nSPS) is 16.8. The number of anilines is 2. The van der Waals surface area contributed by atoms with Crippen LogP contribution in [0.25, 0.3) is 5.65 Å². The van der Waals surface area contributed by atoms with Gasteiger partial charge in [0.05, 0.1) is 29.8 Å². The number of halogens is 1. The first-order chi connectivity index (χ1) is 13.8. The number of hydrogen-bond acceptors (Lipinski definition) is 6. The predicted octanol–water partition coefficient (Wildman–Crippen LogP) is 1.49.